The van der Waals surface area contributed by atoms with Gasteiger partial charge < -0.3 is 4.42 Å². The fourth-order valence-electron chi connectivity index (χ4n) is 0.891. The number of alkyl halides is 1. The molecule has 0 fully saturated rings. The van der Waals surface area contributed by atoms with Crippen LogP contribution in [0.15, 0.2) is 30.4 Å². The molecule has 1 nitrogen and oxygen atoms in total. The van der Waals surface area contributed by atoms with Crippen molar-refractivity contribution in [1.29, 1.82) is 0 Å². The summed E-state index contributed by atoms with van der Waals surface area (Å²) in [5.74, 6) is 0.935. The molecule has 0 saturated heterocycles. The van der Waals surface area contributed by atoms with E-state index in [0.717, 1.165) is 22.2 Å². The first-order valence-electron chi connectivity index (χ1n) is 4.55. The molecule has 0 unspecified atom stereocenters. The Balaban J connectivity index is 0. The molecule has 0 radical (unpaired) electrons. The van der Waals surface area contributed by atoms with Crippen molar-refractivity contribution in [1.82, 2.24) is 0 Å². The van der Waals surface area contributed by atoms with Crippen molar-refractivity contribution < 1.29 is 4.42 Å². The highest BCUT2D eigenvalue weighted by Gasteiger charge is 2.03. The van der Waals surface area contributed by atoms with Crippen LogP contribution in [0.5, 0.6) is 0 Å². The van der Waals surface area contributed by atoms with E-state index in [-0.39, 0.29) is 0 Å². The third-order valence-electron chi connectivity index (χ3n) is 1.45. The van der Waals surface area contributed by atoms with Crippen molar-refractivity contribution in [3.63, 3.8) is 0 Å². The zero-order chi connectivity index (χ0) is 11.6. The zero-order valence-electron chi connectivity index (χ0n) is 9.27. The summed E-state index contributed by atoms with van der Waals surface area (Å²) in [4.78, 5) is 0. The third kappa shape index (κ3) is 4.47. The van der Waals surface area contributed by atoms with Crippen LogP contribution in [-0.4, -0.2) is 0 Å². The highest BCUT2D eigenvalue weighted by molar-refractivity contribution is 9.08. The average Bonchev–Trinajstić information content (AvgIpc) is 2.64. The lowest BCUT2D eigenvalue weighted by atomic mass is 10.2. The normalized spacial score (nSPS) is 7.71. The molecule has 0 aliphatic heterocycles. The molecular formula is C12H19BrO. The van der Waals surface area contributed by atoms with Crippen LogP contribution >= 0.6 is 15.9 Å². The first kappa shape index (κ1) is 15.7. The molecule has 0 aromatic carbocycles. The first-order valence-corrected chi connectivity index (χ1v) is 5.67. The van der Waals surface area contributed by atoms with Gasteiger partial charge in [0.05, 0.1) is 6.26 Å². The predicted octanol–water partition coefficient (Wildman–Crippen LogP) is 4.95. The van der Waals surface area contributed by atoms with Crippen LogP contribution in [-0.2, 0) is 5.33 Å². The second-order valence-corrected chi connectivity index (χ2v) is 2.63. The fourth-order valence-corrected chi connectivity index (χ4v) is 1.33. The van der Waals surface area contributed by atoms with Crippen LogP contribution < -0.4 is 0 Å². The van der Waals surface area contributed by atoms with Gasteiger partial charge in [-0.25, -0.2) is 0 Å². The Morgan fingerprint density at radius 3 is 2.21 bits per heavy atom. The van der Waals surface area contributed by atoms with Crippen molar-refractivity contribution in [2.75, 3.05) is 0 Å². The number of hydrogen-bond donors (Lipinski definition) is 0. The number of aryl methyl sites for hydroxylation is 1. The molecule has 0 saturated carbocycles. The minimum Gasteiger partial charge on any atom is -0.469 e. The Morgan fingerprint density at radius 1 is 1.43 bits per heavy atom. The summed E-state index contributed by atoms with van der Waals surface area (Å²) in [7, 11) is 0. The fraction of sp³-hybridized carbons (Fsp3) is 0.333. The molecule has 14 heavy (non-hydrogen) atoms. The van der Waals surface area contributed by atoms with Gasteiger partial charge in [-0.3, -0.25) is 0 Å². The maximum atomic E-state index is 5.18. The molecule has 0 N–H and O–H groups in total. The van der Waals surface area contributed by atoms with Gasteiger partial charge in [0.1, 0.15) is 5.76 Å². The van der Waals surface area contributed by atoms with E-state index in [1.165, 1.54) is 0 Å². The van der Waals surface area contributed by atoms with Gasteiger partial charge in [-0.1, -0.05) is 42.4 Å². The highest BCUT2D eigenvalue weighted by Crippen LogP contribution is 2.19. The average molecular weight is 259 g/mol. The van der Waals surface area contributed by atoms with E-state index < -0.39 is 0 Å². The highest BCUT2D eigenvalue weighted by atomic mass is 79.9. The van der Waals surface area contributed by atoms with Gasteiger partial charge in [-0.15, -0.1) is 13.2 Å². The van der Waals surface area contributed by atoms with Gasteiger partial charge in [0.2, 0.25) is 0 Å². The van der Waals surface area contributed by atoms with Crippen molar-refractivity contribution in [3.8, 4) is 0 Å². The molecule has 1 aromatic rings. The molecule has 0 amide bonds. The monoisotopic (exact) mass is 258 g/mol. The van der Waals surface area contributed by atoms with Gasteiger partial charge >= 0.3 is 0 Å². The van der Waals surface area contributed by atoms with E-state index in [9.17, 15) is 0 Å². The molecule has 80 valence electrons. The molecule has 1 heterocycles. The second kappa shape index (κ2) is 10.3. The lowest BCUT2D eigenvalue weighted by Gasteiger charge is -1.90. The van der Waals surface area contributed by atoms with Gasteiger partial charge in [0.25, 0.3) is 0 Å². The van der Waals surface area contributed by atoms with Crippen LogP contribution in [0.2, 0.25) is 0 Å². The summed E-state index contributed by atoms with van der Waals surface area (Å²) < 4.78 is 5.18. The molecule has 2 heteroatoms. The van der Waals surface area contributed by atoms with E-state index in [1.54, 1.807) is 6.26 Å². The molecule has 1 aromatic heterocycles. The minimum absolute atomic E-state index is 0.825. The van der Waals surface area contributed by atoms with Crippen molar-refractivity contribution in [2.24, 2.45) is 0 Å². The third-order valence-corrected chi connectivity index (χ3v) is 2.06. The standard InChI is InChI=1S/C8H9BrO.C2H6.C2H4/c1-3-8-6(2)10-5-7(8)4-9;2*1-2/h3,5H,1,4H2,2H3;1-2H3;1-2H2. The quantitative estimate of drug-likeness (QED) is 0.540. The summed E-state index contributed by atoms with van der Waals surface area (Å²) >= 11 is 3.35. The van der Waals surface area contributed by atoms with E-state index in [4.69, 9.17) is 4.42 Å². The smallest absolute Gasteiger partial charge is 0.108 e. The van der Waals surface area contributed by atoms with Crippen LogP contribution in [0, 0.1) is 6.92 Å². The molecule has 0 aliphatic carbocycles. The Bertz CT molecular complexity index is 251. The summed E-state index contributed by atoms with van der Waals surface area (Å²) in [6.07, 6.45) is 3.57. The molecule has 0 bridgehead atoms. The summed E-state index contributed by atoms with van der Waals surface area (Å²) in [6, 6.07) is 0. The summed E-state index contributed by atoms with van der Waals surface area (Å²) in [5.41, 5.74) is 2.27. The Hall–Kier alpha value is -0.760. The number of rotatable bonds is 2. The maximum Gasteiger partial charge on any atom is 0.108 e. The number of hydrogen-bond acceptors (Lipinski definition) is 1. The summed E-state index contributed by atoms with van der Waals surface area (Å²) in [6.45, 7) is 15.6. The lowest BCUT2D eigenvalue weighted by molar-refractivity contribution is 0.532. The van der Waals surface area contributed by atoms with E-state index in [0.29, 0.717) is 0 Å². The first-order chi connectivity index (χ1) is 6.79. The Kier molecular flexibility index (Phi) is 11.6. The Morgan fingerprint density at radius 2 is 1.93 bits per heavy atom. The number of halogens is 1. The zero-order valence-corrected chi connectivity index (χ0v) is 10.9. The van der Waals surface area contributed by atoms with Crippen molar-refractivity contribution in [3.05, 3.63) is 42.9 Å². The van der Waals surface area contributed by atoms with Crippen LogP contribution in [0.1, 0.15) is 30.7 Å². The van der Waals surface area contributed by atoms with E-state index >= 15 is 0 Å². The summed E-state index contributed by atoms with van der Waals surface area (Å²) in [5, 5.41) is 0.825. The predicted molar refractivity (Wildman–Crippen MR) is 68.8 cm³/mol. The van der Waals surface area contributed by atoms with Crippen LogP contribution in [0.25, 0.3) is 6.08 Å². The molecule has 0 aliphatic rings. The minimum atomic E-state index is 0.825. The topological polar surface area (TPSA) is 13.1 Å². The Labute approximate surface area is 95.6 Å². The van der Waals surface area contributed by atoms with Crippen molar-refractivity contribution in [2.45, 2.75) is 26.1 Å². The lowest BCUT2D eigenvalue weighted by Crippen LogP contribution is -1.77. The van der Waals surface area contributed by atoms with Crippen LogP contribution in [0.4, 0.5) is 0 Å². The number of furan rings is 1. The van der Waals surface area contributed by atoms with Gasteiger partial charge in [-0.05, 0) is 6.92 Å². The molecule has 0 atom stereocenters. The van der Waals surface area contributed by atoms with Gasteiger partial charge in [-0.2, -0.15) is 0 Å². The second-order valence-electron chi connectivity index (χ2n) is 2.07. The maximum absolute atomic E-state index is 5.18. The van der Waals surface area contributed by atoms with E-state index in [1.807, 2.05) is 26.8 Å². The largest absolute Gasteiger partial charge is 0.469 e. The van der Waals surface area contributed by atoms with Gasteiger partial charge in [0, 0.05) is 16.5 Å². The van der Waals surface area contributed by atoms with Crippen molar-refractivity contribution >= 4 is 22.0 Å². The molecular weight excluding hydrogens is 240 g/mol. The van der Waals surface area contributed by atoms with E-state index in [2.05, 4.69) is 35.7 Å². The van der Waals surface area contributed by atoms with Gasteiger partial charge in [0.15, 0.2) is 0 Å². The van der Waals surface area contributed by atoms with Crippen LogP contribution in [0.3, 0.4) is 0 Å². The molecule has 0 spiro atoms. The SMILES string of the molecule is C=C.C=Cc1c(CBr)coc1C.CC. The molecule has 1 rings (SSSR count).